The Kier molecular flexibility index (Phi) is 4.03. The fraction of sp³-hybridized carbons (Fsp3) is 0.714. The third-order valence-electron chi connectivity index (χ3n) is 1.65. The average Bonchev–Trinajstić information content (AvgIpc) is 2.00. The SMILES string of the molecule is CC(=NNC(N)=O)C(C)(C)CCl. The Morgan fingerprint density at radius 3 is 2.50 bits per heavy atom. The van der Waals surface area contributed by atoms with Crippen molar-refractivity contribution in [2.24, 2.45) is 16.3 Å². The van der Waals surface area contributed by atoms with Gasteiger partial charge in [0.2, 0.25) is 0 Å². The topological polar surface area (TPSA) is 67.5 Å². The fourth-order valence-electron chi connectivity index (χ4n) is 0.387. The molecule has 0 spiro atoms. The number of rotatable bonds is 3. The van der Waals surface area contributed by atoms with Gasteiger partial charge in [0.25, 0.3) is 0 Å². The van der Waals surface area contributed by atoms with Crippen LogP contribution in [0.4, 0.5) is 4.79 Å². The molecule has 12 heavy (non-hydrogen) atoms. The van der Waals surface area contributed by atoms with Crippen LogP contribution >= 0.6 is 11.6 Å². The van der Waals surface area contributed by atoms with E-state index in [0.29, 0.717) is 5.88 Å². The summed E-state index contributed by atoms with van der Waals surface area (Å²) in [5, 5.41) is 3.77. The second kappa shape index (κ2) is 4.30. The first-order chi connectivity index (χ1) is 5.40. The number of hydrogen-bond donors (Lipinski definition) is 2. The summed E-state index contributed by atoms with van der Waals surface area (Å²) in [6.07, 6.45) is 0. The molecule has 0 atom stereocenters. The maximum atomic E-state index is 10.3. The predicted octanol–water partition coefficient (Wildman–Crippen LogP) is 1.30. The van der Waals surface area contributed by atoms with E-state index < -0.39 is 6.03 Å². The van der Waals surface area contributed by atoms with E-state index in [-0.39, 0.29) is 5.41 Å². The van der Waals surface area contributed by atoms with E-state index >= 15 is 0 Å². The van der Waals surface area contributed by atoms with Crippen LogP contribution in [0.2, 0.25) is 0 Å². The Balaban J connectivity index is 4.26. The second-order valence-electron chi connectivity index (χ2n) is 3.19. The molecule has 0 fully saturated rings. The molecule has 3 N–H and O–H groups in total. The molecule has 0 rings (SSSR count). The molecule has 0 saturated heterocycles. The van der Waals surface area contributed by atoms with Crippen LogP contribution in [0.25, 0.3) is 0 Å². The molecular formula is C7H14ClN3O. The van der Waals surface area contributed by atoms with Crippen molar-refractivity contribution in [2.75, 3.05) is 5.88 Å². The number of halogens is 1. The molecule has 0 heterocycles. The summed E-state index contributed by atoms with van der Waals surface area (Å²) in [5.41, 5.74) is 7.52. The van der Waals surface area contributed by atoms with Crippen molar-refractivity contribution in [2.45, 2.75) is 20.8 Å². The molecule has 0 aliphatic rings. The van der Waals surface area contributed by atoms with Crippen LogP contribution in [0.5, 0.6) is 0 Å². The van der Waals surface area contributed by atoms with E-state index in [0.717, 1.165) is 5.71 Å². The molecule has 0 aromatic rings. The zero-order valence-corrected chi connectivity index (χ0v) is 8.27. The molecular weight excluding hydrogens is 178 g/mol. The van der Waals surface area contributed by atoms with Crippen LogP contribution < -0.4 is 11.2 Å². The van der Waals surface area contributed by atoms with Gasteiger partial charge in [0.15, 0.2) is 0 Å². The Hall–Kier alpha value is -0.770. The van der Waals surface area contributed by atoms with Crippen molar-refractivity contribution in [1.82, 2.24) is 5.43 Å². The number of hydrogen-bond acceptors (Lipinski definition) is 2. The van der Waals surface area contributed by atoms with E-state index in [1.165, 1.54) is 0 Å². The minimum atomic E-state index is -0.667. The molecule has 0 aliphatic heterocycles. The Labute approximate surface area is 77.1 Å². The number of carbonyl (C=O) groups is 1. The third kappa shape index (κ3) is 3.57. The van der Waals surface area contributed by atoms with Crippen molar-refractivity contribution in [1.29, 1.82) is 0 Å². The standard InChI is InChI=1S/C7H14ClN3O/c1-5(7(2,3)4-8)10-11-6(9)12/h4H2,1-3H3,(H3,9,11,12). The molecule has 0 radical (unpaired) electrons. The Morgan fingerprint density at radius 2 is 2.17 bits per heavy atom. The van der Waals surface area contributed by atoms with Gasteiger partial charge in [-0.25, -0.2) is 10.2 Å². The van der Waals surface area contributed by atoms with Crippen molar-refractivity contribution in [3.05, 3.63) is 0 Å². The van der Waals surface area contributed by atoms with E-state index in [1.54, 1.807) is 6.92 Å². The van der Waals surface area contributed by atoms with E-state index in [2.05, 4.69) is 10.5 Å². The van der Waals surface area contributed by atoms with Gasteiger partial charge in [-0.3, -0.25) is 0 Å². The maximum Gasteiger partial charge on any atom is 0.332 e. The highest BCUT2D eigenvalue weighted by molar-refractivity contribution is 6.20. The van der Waals surface area contributed by atoms with Crippen molar-refractivity contribution in [3.8, 4) is 0 Å². The van der Waals surface area contributed by atoms with Crippen molar-refractivity contribution < 1.29 is 4.79 Å². The number of urea groups is 1. The van der Waals surface area contributed by atoms with Crippen LogP contribution in [0, 0.1) is 5.41 Å². The van der Waals surface area contributed by atoms with Gasteiger partial charge in [-0.05, 0) is 6.92 Å². The lowest BCUT2D eigenvalue weighted by molar-refractivity contribution is 0.249. The minimum Gasteiger partial charge on any atom is -0.350 e. The number of amides is 2. The quantitative estimate of drug-likeness (QED) is 0.394. The summed E-state index contributed by atoms with van der Waals surface area (Å²) in [4.78, 5) is 10.3. The summed E-state index contributed by atoms with van der Waals surface area (Å²) in [7, 11) is 0. The first-order valence-corrected chi connectivity index (χ1v) is 4.10. The van der Waals surface area contributed by atoms with E-state index in [9.17, 15) is 4.79 Å². The number of nitrogens with one attached hydrogen (secondary N) is 1. The summed E-state index contributed by atoms with van der Waals surface area (Å²) < 4.78 is 0. The molecule has 4 nitrogen and oxygen atoms in total. The molecule has 0 aromatic heterocycles. The largest absolute Gasteiger partial charge is 0.350 e. The van der Waals surface area contributed by atoms with Gasteiger partial charge >= 0.3 is 6.03 Å². The van der Waals surface area contributed by atoms with Gasteiger partial charge in [0, 0.05) is 17.0 Å². The molecule has 70 valence electrons. The normalized spacial score (nSPS) is 12.8. The first-order valence-electron chi connectivity index (χ1n) is 3.56. The highest BCUT2D eigenvalue weighted by Crippen LogP contribution is 2.18. The summed E-state index contributed by atoms with van der Waals surface area (Å²) in [6.45, 7) is 5.65. The van der Waals surface area contributed by atoms with Gasteiger partial charge < -0.3 is 5.73 Å². The number of alkyl halides is 1. The Bertz CT molecular complexity index is 201. The number of carbonyl (C=O) groups excluding carboxylic acids is 1. The van der Waals surface area contributed by atoms with Gasteiger partial charge in [0.05, 0.1) is 0 Å². The third-order valence-corrected chi connectivity index (χ3v) is 2.32. The molecule has 0 bridgehead atoms. The predicted molar refractivity (Wildman–Crippen MR) is 50.3 cm³/mol. The van der Waals surface area contributed by atoms with Crippen LogP contribution in [0.1, 0.15) is 20.8 Å². The molecule has 0 unspecified atom stereocenters. The molecule has 5 heteroatoms. The molecule has 0 aliphatic carbocycles. The second-order valence-corrected chi connectivity index (χ2v) is 3.46. The lowest BCUT2D eigenvalue weighted by Gasteiger charge is -2.20. The first kappa shape index (κ1) is 11.2. The summed E-state index contributed by atoms with van der Waals surface area (Å²) in [6, 6.07) is -0.667. The zero-order chi connectivity index (χ0) is 9.78. The lowest BCUT2D eigenvalue weighted by Crippen LogP contribution is -2.30. The van der Waals surface area contributed by atoms with Gasteiger partial charge in [0.1, 0.15) is 0 Å². The van der Waals surface area contributed by atoms with Gasteiger partial charge in [-0.1, -0.05) is 13.8 Å². The number of nitrogens with zero attached hydrogens (tertiary/aromatic N) is 1. The van der Waals surface area contributed by atoms with Gasteiger partial charge in [-0.15, -0.1) is 11.6 Å². The summed E-state index contributed by atoms with van der Waals surface area (Å²) >= 11 is 5.68. The smallest absolute Gasteiger partial charge is 0.332 e. The fourth-order valence-corrected chi connectivity index (χ4v) is 0.580. The molecule has 0 saturated carbocycles. The van der Waals surface area contributed by atoms with Crippen molar-refractivity contribution in [3.63, 3.8) is 0 Å². The highest BCUT2D eigenvalue weighted by atomic mass is 35.5. The van der Waals surface area contributed by atoms with Crippen LogP contribution in [0.3, 0.4) is 0 Å². The van der Waals surface area contributed by atoms with Crippen molar-refractivity contribution >= 4 is 23.3 Å². The average molecular weight is 192 g/mol. The van der Waals surface area contributed by atoms with Crippen LogP contribution in [0.15, 0.2) is 5.10 Å². The van der Waals surface area contributed by atoms with Gasteiger partial charge in [-0.2, -0.15) is 5.10 Å². The van der Waals surface area contributed by atoms with Crippen LogP contribution in [-0.4, -0.2) is 17.6 Å². The number of nitrogens with two attached hydrogens (primary N) is 1. The monoisotopic (exact) mass is 191 g/mol. The number of hydrazone groups is 1. The number of primary amides is 1. The zero-order valence-electron chi connectivity index (χ0n) is 7.52. The lowest BCUT2D eigenvalue weighted by atomic mass is 9.91. The molecule has 2 amide bonds. The minimum absolute atomic E-state index is 0.218. The summed E-state index contributed by atoms with van der Waals surface area (Å²) in [5.74, 6) is 0.447. The highest BCUT2D eigenvalue weighted by Gasteiger charge is 2.20. The van der Waals surface area contributed by atoms with E-state index in [4.69, 9.17) is 17.3 Å². The van der Waals surface area contributed by atoms with Crippen LogP contribution in [-0.2, 0) is 0 Å². The van der Waals surface area contributed by atoms with E-state index in [1.807, 2.05) is 13.8 Å². The maximum absolute atomic E-state index is 10.3. The Morgan fingerprint density at radius 1 is 1.67 bits per heavy atom. The molecule has 0 aromatic carbocycles.